The van der Waals surface area contributed by atoms with E-state index >= 15 is 0 Å². The van der Waals surface area contributed by atoms with Gasteiger partial charge in [0.05, 0.1) is 6.33 Å². The van der Waals surface area contributed by atoms with Crippen LogP contribution in [0.1, 0.15) is 18.7 Å². The first-order chi connectivity index (χ1) is 11.3. The summed E-state index contributed by atoms with van der Waals surface area (Å²) in [7, 11) is 2.90. The molecule has 10 heteroatoms. The molecule has 0 spiro atoms. The lowest BCUT2D eigenvalue weighted by Gasteiger charge is -2.13. The SMILES string of the molecule is Cc1cc(NC(=O)[C@@H](C)n2cnc3c2c(=O)n(C)c(=O)n3C)no1. The minimum absolute atomic E-state index is 0.179. The number of imidazole rings is 1. The van der Waals surface area contributed by atoms with Crippen molar-refractivity contribution in [3.05, 3.63) is 39.0 Å². The van der Waals surface area contributed by atoms with Crippen LogP contribution in [0.2, 0.25) is 0 Å². The van der Waals surface area contributed by atoms with Crippen molar-refractivity contribution in [1.29, 1.82) is 0 Å². The highest BCUT2D eigenvalue weighted by Gasteiger charge is 2.22. The fourth-order valence-electron chi connectivity index (χ4n) is 2.44. The van der Waals surface area contributed by atoms with Crippen LogP contribution >= 0.6 is 0 Å². The number of hydrogen-bond donors (Lipinski definition) is 1. The molecule has 1 N–H and O–H groups in total. The Kier molecular flexibility index (Phi) is 3.59. The lowest BCUT2D eigenvalue weighted by Crippen LogP contribution is -2.38. The van der Waals surface area contributed by atoms with Crippen LogP contribution in [0.4, 0.5) is 5.82 Å². The molecule has 0 aliphatic rings. The zero-order chi connectivity index (χ0) is 17.6. The zero-order valence-electron chi connectivity index (χ0n) is 13.6. The lowest BCUT2D eigenvalue weighted by molar-refractivity contribution is -0.118. The molecular weight excluding hydrogens is 316 g/mol. The minimum atomic E-state index is -0.739. The average molecular weight is 332 g/mol. The highest BCUT2D eigenvalue weighted by Crippen LogP contribution is 2.16. The van der Waals surface area contributed by atoms with Crippen molar-refractivity contribution in [3.63, 3.8) is 0 Å². The summed E-state index contributed by atoms with van der Waals surface area (Å²) in [5, 5.41) is 6.30. The highest BCUT2D eigenvalue weighted by atomic mass is 16.5. The molecule has 0 fully saturated rings. The van der Waals surface area contributed by atoms with Crippen LogP contribution in [0.15, 0.2) is 26.5 Å². The average Bonchev–Trinajstić information content (AvgIpc) is 3.16. The van der Waals surface area contributed by atoms with Crippen molar-refractivity contribution < 1.29 is 9.32 Å². The number of carbonyl (C=O) groups is 1. The second-order valence-electron chi connectivity index (χ2n) is 5.52. The van der Waals surface area contributed by atoms with Crippen molar-refractivity contribution in [2.75, 3.05) is 5.32 Å². The topological polar surface area (TPSA) is 117 Å². The van der Waals surface area contributed by atoms with Gasteiger partial charge in [-0.3, -0.25) is 18.7 Å². The smallest absolute Gasteiger partial charge is 0.332 e. The number of carbonyl (C=O) groups excluding carboxylic acids is 1. The molecule has 0 radical (unpaired) electrons. The molecule has 3 aromatic rings. The predicted molar refractivity (Wildman–Crippen MR) is 84.8 cm³/mol. The molecule has 0 bridgehead atoms. The third-order valence-electron chi connectivity index (χ3n) is 3.85. The predicted octanol–water partition coefficient (Wildman–Crippen LogP) is -0.0702. The summed E-state index contributed by atoms with van der Waals surface area (Å²) in [6.45, 7) is 3.33. The molecule has 126 valence electrons. The molecule has 10 nitrogen and oxygen atoms in total. The van der Waals surface area contributed by atoms with Gasteiger partial charge in [0.15, 0.2) is 17.0 Å². The maximum atomic E-state index is 12.4. The van der Waals surface area contributed by atoms with Gasteiger partial charge in [-0.25, -0.2) is 9.78 Å². The van der Waals surface area contributed by atoms with Crippen LogP contribution in [-0.2, 0) is 18.9 Å². The van der Waals surface area contributed by atoms with Gasteiger partial charge in [0.25, 0.3) is 5.56 Å². The van der Waals surface area contributed by atoms with E-state index in [0.717, 1.165) is 4.57 Å². The summed E-state index contributed by atoms with van der Waals surface area (Å²) >= 11 is 0. The Morgan fingerprint density at radius 1 is 1.29 bits per heavy atom. The van der Waals surface area contributed by atoms with Crippen LogP contribution in [0.25, 0.3) is 11.2 Å². The van der Waals surface area contributed by atoms with E-state index in [1.807, 2.05) is 0 Å². The maximum absolute atomic E-state index is 12.4. The standard InChI is InChI=1S/C14H16N6O4/c1-7-5-9(17-24-7)16-12(21)8(2)20-6-15-11-10(20)13(22)19(4)14(23)18(11)3/h5-6,8H,1-4H3,(H,16,17,21)/t8-/m1/s1. The molecule has 0 aliphatic heterocycles. The van der Waals surface area contributed by atoms with Crippen molar-refractivity contribution in [1.82, 2.24) is 23.8 Å². The molecule has 0 saturated heterocycles. The van der Waals surface area contributed by atoms with Gasteiger partial charge in [-0.05, 0) is 13.8 Å². The van der Waals surface area contributed by atoms with E-state index in [-0.39, 0.29) is 17.0 Å². The Balaban J connectivity index is 2.04. The molecule has 0 aromatic carbocycles. The largest absolute Gasteiger partial charge is 0.360 e. The van der Waals surface area contributed by atoms with Crippen molar-refractivity contribution in [2.45, 2.75) is 19.9 Å². The van der Waals surface area contributed by atoms with Crippen molar-refractivity contribution in [2.24, 2.45) is 14.1 Å². The first kappa shape index (κ1) is 15.7. The van der Waals surface area contributed by atoms with Gasteiger partial charge in [0.1, 0.15) is 11.8 Å². The zero-order valence-corrected chi connectivity index (χ0v) is 13.6. The fourth-order valence-corrected chi connectivity index (χ4v) is 2.44. The van der Waals surface area contributed by atoms with Gasteiger partial charge < -0.3 is 14.4 Å². The van der Waals surface area contributed by atoms with Gasteiger partial charge in [0.2, 0.25) is 5.91 Å². The Morgan fingerprint density at radius 3 is 2.62 bits per heavy atom. The number of aryl methyl sites for hydroxylation is 2. The Bertz CT molecular complexity index is 1050. The quantitative estimate of drug-likeness (QED) is 0.717. The van der Waals surface area contributed by atoms with Gasteiger partial charge in [-0.15, -0.1) is 0 Å². The first-order valence-corrected chi connectivity index (χ1v) is 7.18. The fraction of sp³-hybridized carbons (Fsp3) is 0.357. The summed E-state index contributed by atoms with van der Waals surface area (Å²) in [6, 6.07) is 0.844. The summed E-state index contributed by atoms with van der Waals surface area (Å²) in [5.41, 5.74) is -0.589. The van der Waals surface area contributed by atoms with Gasteiger partial charge in [0, 0.05) is 20.2 Å². The van der Waals surface area contributed by atoms with Crippen molar-refractivity contribution >= 4 is 22.9 Å². The Morgan fingerprint density at radius 2 is 2.00 bits per heavy atom. The molecule has 3 heterocycles. The molecule has 3 rings (SSSR count). The third-order valence-corrected chi connectivity index (χ3v) is 3.85. The highest BCUT2D eigenvalue weighted by molar-refractivity contribution is 5.93. The van der Waals surface area contributed by atoms with Crippen molar-refractivity contribution in [3.8, 4) is 0 Å². The van der Waals surface area contributed by atoms with Crippen LogP contribution in [0.3, 0.4) is 0 Å². The van der Waals surface area contributed by atoms with E-state index in [4.69, 9.17) is 4.52 Å². The summed E-state index contributed by atoms with van der Waals surface area (Å²) in [4.78, 5) is 40.8. The van der Waals surface area contributed by atoms with Crippen LogP contribution in [-0.4, -0.2) is 29.7 Å². The van der Waals surface area contributed by atoms with Crippen LogP contribution in [0.5, 0.6) is 0 Å². The number of amides is 1. The van der Waals surface area contributed by atoms with E-state index in [9.17, 15) is 14.4 Å². The Hall–Kier alpha value is -3.17. The van der Waals surface area contributed by atoms with E-state index in [1.165, 1.54) is 29.6 Å². The number of nitrogens with one attached hydrogen (secondary N) is 1. The monoisotopic (exact) mass is 332 g/mol. The number of hydrogen-bond acceptors (Lipinski definition) is 6. The molecular formula is C14H16N6O4. The second kappa shape index (κ2) is 5.48. The first-order valence-electron chi connectivity index (χ1n) is 7.18. The molecule has 1 amide bonds. The normalized spacial score (nSPS) is 12.5. The van der Waals surface area contributed by atoms with E-state index < -0.39 is 23.2 Å². The van der Waals surface area contributed by atoms with E-state index in [0.29, 0.717) is 5.76 Å². The van der Waals surface area contributed by atoms with Crippen LogP contribution in [0, 0.1) is 6.92 Å². The van der Waals surface area contributed by atoms with E-state index in [1.54, 1.807) is 19.9 Å². The van der Waals surface area contributed by atoms with Gasteiger partial charge in [-0.2, -0.15) is 0 Å². The molecule has 3 aromatic heterocycles. The van der Waals surface area contributed by atoms with Gasteiger partial charge >= 0.3 is 5.69 Å². The molecule has 0 aliphatic carbocycles. The Labute approximate surface area is 135 Å². The number of nitrogens with zero attached hydrogens (tertiary/aromatic N) is 5. The summed E-state index contributed by atoms with van der Waals surface area (Å²) in [5.74, 6) is 0.461. The van der Waals surface area contributed by atoms with Gasteiger partial charge in [-0.1, -0.05) is 5.16 Å². The van der Waals surface area contributed by atoms with E-state index in [2.05, 4.69) is 15.5 Å². The molecule has 1 atom stereocenters. The number of rotatable bonds is 3. The lowest BCUT2D eigenvalue weighted by atomic mass is 10.3. The number of anilines is 1. The molecule has 24 heavy (non-hydrogen) atoms. The summed E-state index contributed by atoms with van der Waals surface area (Å²) < 4.78 is 8.57. The maximum Gasteiger partial charge on any atom is 0.332 e. The number of fused-ring (bicyclic) bond motifs is 1. The van der Waals surface area contributed by atoms with Crippen LogP contribution < -0.4 is 16.6 Å². The third kappa shape index (κ3) is 2.32. The number of aromatic nitrogens is 5. The molecule has 0 saturated carbocycles. The second-order valence-corrected chi connectivity index (χ2v) is 5.52. The minimum Gasteiger partial charge on any atom is -0.360 e. The summed E-state index contributed by atoms with van der Waals surface area (Å²) in [6.07, 6.45) is 1.36. The molecule has 0 unspecified atom stereocenters.